The van der Waals surface area contributed by atoms with Crippen LogP contribution in [0.3, 0.4) is 0 Å². The van der Waals surface area contributed by atoms with E-state index >= 15 is 0 Å². The van der Waals surface area contributed by atoms with Crippen molar-refractivity contribution >= 4 is 23.5 Å². The fourth-order valence-electron chi connectivity index (χ4n) is 2.26. The number of anilines is 1. The molecule has 1 amide bonds. The fraction of sp³-hybridized carbons (Fsp3) is 0.250. The Bertz CT molecular complexity index is 954. The van der Waals surface area contributed by atoms with Gasteiger partial charge in [0.15, 0.2) is 17.3 Å². The summed E-state index contributed by atoms with van der Waals surface area (Å²) in [6, 6.07) is 7.00. The Morgan fingerprint density at radius 3 is 2.88 bits per heavy atom. The van der Waals surface area contributed by atoms with Crippen molar-refractivity contribution < 1.29 is 23.2 Å². The lowest BCUT2D eigenvalue weighted by Crippen LogP contribution is -2.22. The third-order valence-electron chi connectivity index (χ3n) is 3.55. The van der Waals surface area contributed by atoms with Crippen LogP contribution in [0, 0.1) is 6.92 Å². The molecule has 4 rings (SSSR count). The predicted octanol–water partition coefficient (Wildman–Crippen LogP) is 2.88. The third-order valence-corrected chi connectivity index (χ3v) is 4.49. The van der Waals surface area contributed by atoms with Gasteiger partial charge < -0.3 is 23.7 Å². The highest BCUT2D eigenvalue weighted by Gasteiger charge is 2.21. The summed E-state index contributed by atoms with van der Waals surface area (Å²) in [4.78, 5) is 12.2. The van der Waals surface area contributed by atoms with E-state index in [1.165, 1.54) is 0 Å². The van der Waals surface area contributed by atoms with E-state index in [1.807, 2.05) is 0 Å². The van der Waals surface area contributed by atoms with Gasteiger partial charge in [-0.2, -0.15) is 0 Å². The number of nitrogens with zero attached hydrogens (tertiary/aromatic N) is 3. The number of hydrogen-bond acceptors (Lipinski definition) is 9. The second-order valence-corrected chi connectivity index (χ2v) is 6.81. The summed E-state index contributed by atoms with van der Waals surface area (Å²) in [6.45, 7) is 3.68. The van der Waals surface area contributed by atoms with Crippen molar-refractivity contribution in [1.82, 2.24) is 15.4 Å². The SMILES string of the molecule is Cc1cc(NC(=O)C(C)Sc2nnc(-c3ccc4c(c3)OCO4)o2)no1. The highest BCUT2D eigenvalue weighted by Crippen LogP contribution is 2.36. The number of fused-ring (bicyclic) bond motifs is 1. The number of benzene rings is 1. The van der Waals surface area contributed by atoms with Crippen LogP contribution in [0.2, 0.25) is 0 Å². The molecule has 0 saturated heterocycles. The number of nitrogens with one attached hydrogen (secondary N) is 1. The fourth-order valence-corrected chi connectivity index (χ4v) is 2.94. The molecule has 0 bridgehead atoms. The highest BCUT2D eigenvalue weighted by atomic mass is 32.2. The van der Waals surface area contributed by atoms with Crippen LogP contribution in [-0.4, -0.2) is 33.3 Å². The quantitative estimate of drug-likeness (QED) is 0.673. The summed E-state index contributed by atoms with van der Waals surface area (Å²) >= 11 is 1.15. The highest BCUT2D eigenvalue weighted by molar-refractivity contribution is 8.00. The van der Waals surface area contributed by atoms with E-state index in [0.717, 1.165) is 11.8 Å². The molecule has 0 spiro atoms. The minimum Gasteiger partial charge on any atom is -0.454 e. The molecular weight excluding hydrogens is 360 g/mol. The van der Waals surface area contributed by atoms with Crippen molar-refractivity contribution in [2.75, 3.05) is 12.1 Å². The van der Waals surface area contributed by atoms with Crippen LogP contribution in [0.4, 0.5) is 5.82 Å². The second kappa shape index (κ2) is 6.71. The molecule has 1 aliphatic rings. The van der Waals surface area contributed by atoms with Crippen LogP contribution in [0.25, 0.3) is 11.5 Å². The molecule has 0 aliphatic carbocycles. The van der Waals surface area contributed by atoms with E-state index in [2.05, 4.69) is 20.7 Å². The minimum atomic E-state index is -0.461. The molecule has 3 aromatic rings. The van der Waals surface area contributed by atoms with Gasteiger partial charge in [-0.1, -0.05) is 16.9 Å². The number of amides is 1. The van der Waals surface area contributed by atoms with E-state index in [9.17, 15) is 4.79 Å². The Balaban J connectivity index is 1.42. The average molecular weight is 374 g/mol. The number of thioether (sulfide) groups is 1. The summed E-state index contributed by atoms with van der Waals surface area (Å²) in [6.07, 6.45) is 0. The molecule has 134 valence electrons. The molecule has 1 atom stereocenters. The molecule has 0 radical (unpaired) electrons. The maximum atomic E-state index is 12.2. The standard InChI is InChI=1S/C16H14N4O5S/c1-8-5-13(20-25-8)17-14(21)9(2)26-16-19-18-15(24-16)10-3-4-11-12(6-10)23-7-22-11/h3-6,9H,7H2,1-2H3,(H,17,20,21). The lowest BCUT2D eigenvalue weighted by atomic mass is 10.2. The summed E-state index contributed by atoms with van der Waals surface area (Å²) in [5, 5.41) is 14.2. The van der Waals surface area contributed by atoms with Crippen molar-refractivity contribution in [2.24, 2.45) is 0 Å². The Morgan fingerprint density at radius 1 is 1.23 bits per heavy atom. The molecule has 0 fully saturated rings. The van der Waals surface area contributed by atoms with E-state index in [-0.39, 0.29) is 17.9 Å². The van der Waals surface area contributed by atoms with Gasteiger partial charge in [0.05, 0.1) is 5.25 Å². The average Bonchev–Trinajstić information content (AvgIpc) is 3.35. The first-order valence-electron chi connectivity index (χ1n) is 7.73. The lowest BCUT2D eigenvalue weighted by Gasteiger charge is -2.06. The molecule has 1 N–H and O–H groups in total. The molecule has 1 aliphatic heterocycles. The van der Waals surface area contributed by atoms with Crippen LogP contribution >= 0.6 is 11.8 Å². The first-order chi connectivity index (χ1) is 12.6. The van der Waals surface area contributed by atoms with Crippen molar-refractivity contribution in [3.05, 3.63) is 30.0 Å². The van der Waals surface area contributed by atoms with Crippen molar-refractivity contribution in [3.8, 4) is 23.0 Å². The number of aromatic nitrogens is 3. The summed E-state index contributed by atoms with van der Waals surface area (Å²) in [5.41, 5.74) is 0.712. The minimum absolute atomic E-state index is 0.196. The van der Waals surface area contributed by atoms with Gasteiger partial charge in [-0.05, 0) is 32.0 Å². The second-order valence-electron chi connectivity index (χ2n) is 5.51. The molecule has 3 heterocycles. The molecule has 2 aromatic heterocycles. The Kier molecular flexibility index (Phi) is 4.25. The van der Waals surface area contributed by atoms with Crippen LogP contribution in [0.5, 0.6) is 11.5 Å². The largest absolute Gasteiger partial charge is 0.454 e. The van der Waals surface area contributed by atoms with Gasteiger partial charge in [0.2, 0.25) is 18.6 Å². The van der Waals surface area contributed by atoms with Gasteiger partial charge in [0.25, 0.3) is 5.22 Å². The zero-order valence-electron chi connectivity index (χ0n) is 13.9. The van der Waals surface area contributed by atoms with E-state index in [4.69, 9.17) is 18.4 Å². The smallest absolute Gasteiger partial charge is 0.277 e. The number of hydrogen-bond donors (Lipinski definition) is 1. The maximum absolute atomic E-state index is 12.2. The van der Waals surface area contributed by atoms with Gasteiger partial charge >= 0.3 is 0 Å². The van der Waals surface area contributed by atoms with Crippen LogP contribution < -0.4 is 14.8 Å². The van der Waals surface area contributed by atoms with E-state index in [1.54, 1.807) is 38.1 Å². The number of rotatable bonds is 5. The van der Waals surface area contributed by atoms with Crippen molar-refractivity contribution in [1.29, 1.82) is 0 Å². The number of carbonyl (C=O) groups is 1. The molecular formula is C16H14N4O5S. The molecule has 10 heteroatoms. The van der Waals surface area contributed by atoms with Crippen LogP contribution in [-0.2, 0) is 4.79 Å². The number of aryl methyl sites for hydroxylation is 1. The van der Waals surface area contributed by atoms with Crippen LogP contribution in [0.15, 0.2) is 38.4 Å². The molecule has 1 unspecified atom stereocenters. The van der Waals surface area contributed by atoms with Gasteiger partial charge in [-0.15, -0.1) is 10.2 Å². The Hall–Kier alpha value is -3.01. The Morgan fingerprint density at radius 2 is 2.08 bits per heavy atom. The Labute approximate surface area is 152 Å². The summed E-state index contributed by atoms with van der Waals surface area (Å²) in [7, 11) is 0. The van der Waals surface area contributed by atoms with Crippen molar-refractivity contribution in [3.63, 3.8) is 0 Å². The van der Waals surface area contributed by atoms with Gasteiger partial charge in [-0.3, -0.25) is 4.79 Å². The van der Waals surface area contributed by atoms with Crippen LogP contribution in [0.1, 0.15) is 12.7 Å². The molecule has 1 aromatic carbocycles. The normalized spacial score (nSPS) is 13.6. The zero-order valence-corrected chi connectivity index (χ0v) is 14.7. The molecule has 0 saturated carbocycles. The van der Waals surface area contributed by atoms with Gasteiger partial charge in [0, 0.05) is 11.6 Å². The van der Waals surface area contributed by atoms with E-state index in [0.29, 0.717) is 34.5 Å². The zero-order chi connectivity index (χ0) is 18.1. The lowest BCUT2D eigenvalue weighted by molar-refractivity contribution is -0.115. The number of ether oxygens (including phenoxy) is 2. The van der Waals surface area contributed by atoms with E-state index < -0.39 is 5.25 Å². The van der Waals surface area contributed by atoms with Gasteiger partial charge in [-0.25, -0.2) is 0 Å². The van der Waals surface area contributed by atoms with Crippen molar-refractivity contribution in [2.45, 2.75) is 24.3 Å². The van der Waals surface area contributed by atoms with Gasteiger partial charge in [0.1, 0.15) is 5.76 Å². The predicted molar refractivity (Wildman–Crippen MR) is 91.0 cm³/mol. The monoisotopic (exact) mass is 374 g/mol. The number of carbonyl (C=O) groups excluding carboxylic acids is 1. The molecule has 9 nitrogen and oxygen atoms in total. The summed E-state index contributed by atoms with van der Waals surface area (Å²) < 4.78 is 21.2. The first-order valence-corrected chi connectivity index (χ1v) is 8.61. The topological polar surface area (TPSA) is 113 Å². The molecule has 26 heavy (non-hydrogen) atoms. The summed E-state index contributed by atoms with van der Waals surface area (Å²) in [5.74, 6) is 2.39. The maximum Gasteiger partial charge on any atom is 0.277 e. The first kappa shape index (κ1) is 16.5. The third kappa shape index (κ3) is 3.36.